The van der Waals surface area contributed by atoms with Gasteiger partial charge in [0.15, 0.2) is 11.5 Å². The van der Waals surface area contributed by atoms with Crippen LogP contribution in [0.2, 0.25) is 0 Å². The molecule has 7 heteroatoms. The van der Waals surface area contributed by atoms with Crippen LogP contribution in [0.1, 0.15) is 29.8 Å². The Hall–Kier alpha value is -2.05. The molecule has 0 atom stereocenters. The summed E-state index contributed by atoms with van der Waals surface area (Å²) in [5, 5.41) is 3.74. The highest BCUT2D eigenvalue weighted by Crippen LogP contribution is 2.37. The Morgan fingerprint density at radius 3 is 2.65 bits per heavy atom. The second-order valence-electron chi connectivity index (χ2n) is 4.81. The van der Waals surface area contributed by atoms with E-state index in [2.05, 4.69) is 10.1 Å². The van der Waals surface area contributed by atoms with Crippen molar-refractivity contribution < 1.29 is 13.2 Å². The standard InChI is InChI=1S/C13H13F3N4/c14-13(15,16)11-8-4-1-2-6-10(8)20(19-11)12-9(17)5-3-7-18-12/h3,5,7H,1-2,4,6,17H2. The Kier molecular flexibility index (Phi) is 2.92. The number of nitrogens with two attached hydrogens (primary N) is 1. The third-order valence-electron chi connectivity index (χ3n) is 3.47. The molecule has 1 aliphatic rings. The van der Waals surface area contributed by atoms with Crippen LogP contribution in [0.25, 0.3) is 5.82 Å². The maximum atomic E-state index is 13.1. The summed E-state index contributed by atoms with van der Waals surface area (Å²) < 4.78 is 40.5. The SMILES string of the molecule is Nc1cccnc1-n1nc(C(F)(F)F)c2c1CCCC2. The maximum Gasteiger partial charge on any atom is 0.435 e. The second kappa shape index (κ2) is 4.50. The Morgan fingerprint density at radius 2 is 1.95 bits per heavy atom. The summed E-state index contributed by atoms with van der Waals surface area (Å²) in [7, 11) is 0. The van der Waals surface area contributed by atoms with Crippen molar-refractivity contribution in [3.05, 3.63) is 35.3 Å². The minimum atomic E-state index is -4.45. The molecular formula is C13H13F3N4. The molecule has 2 aromatic heterocycles. The van der Waals surface area contributed by atoms with Gasteiger partial charge in [-0.15, -0.1) is 0 Å². The van der Waals surface area contributed by atoms with Crippen LogP contribution < -0.4 is 5.73 Å². The fourth-order valence-electron chi connectivity index (χ4n) is 2.59. The minimum Gasteiger partial charge on any atom is -0.396 e. The van der Waals surface area contributed by atoms with Crippen LogP contribution in [0.5, 0.6) is 0 Å². The summed E-state index contributed by atoms with van der Waals surface area (Å²) in [5.74, 6) is 0.265. The van der Waals surface area contributed by atoms with Gasteiger partial charge in [0.05, 0.1) is 5.69 Å². The quantitative estimate of drug-likeness (QED) is 0.875. The van der Waals surface area contributed by atoms with E-state index >= 15 is 0 Å². The van der Waals surface area contributed by atoms with Crippen molar-refractivity contribution in [3.8, 4) is 5.82 Å². The van der Waals surface area contributed by atoms with E-state index in [1.54, 1.807) is 12.1 Å². The topological polar surface area (TPSA) is 56.7 Å². The number of aromatic nitrogens is 3. The molecule has 0 spiro atoms. The van der Waals surface area contributed by atoms with Gasteiger partial charge >= 0.3 is 6.18 Å². The monoisotopic (exact) mass is 282 g/mol. The molecule has 0 saturated heterocycles. The van der Waals surface area contributed by atoms with Gasteiger partial charge in [-0.05, 0) is 37.8 Å². The number of pyridine rings is 1. The lowest BCUT2D eigenvalue weighted by Gasteiger charge is -2.14. The van der Waals surface area contributed by atoms with Gasteiger partial charge in [0.1, 0.15) is 0 Å². The highest BCUT2D eigenvalue weighted by atomic mass is 19.4. The zero-order valence-corrected chi connectivity index (χ0v) is 10.6. The molecule has 3 rings (SSSR count). The molecule has 0 radical (unpaired) electrons. The number of nitrogen functional groups attached to an aromatic ring is 1. The van der Waals surface area contributed by atoms with E-state index in [0.29, 0.717) is 24.2 Å². The zero-order valence-electron chi connectivity index (χ0n) is 10.6. The number of rotatable bonds is 1. The number of halogens is 3. The first-order chi connectivity index (χ1) is 9.48. The third kappa shape index (κ3) is 2.03. The molecule has 0 aromatic carbocycles. The predicted molar refractivity (Wildman–Crippen MR) is 67.4 cm³/mol. The van der Waals surface area contributed by atoms with Crippen LogP contribution in [-0.2, 0) is 19.0 Å². The van der Waals surface area contributed by atoms with Crippen molar-refractivity contribution >= 4 is 5.69 Å². The second-order valence-corrected chi connectivity index (χ2v) is 4.81. The molecule has 4 nitrogen and oxygen atoms in total. The van der Waals surface area contributed by atoms with E-state index in [-0.39, 0.29) is 11.4 Å². The number of hydrogen-bond acceptors (Lipinski definition) is 3. The van der Waals surface area contributed by atoms with Crippen LogP contribution in [-0.4, -0.2) is 14.8 Å². The van der Waals surface area contributed by atoms with Crippen molar-refractivity contribution in [2.24, 2.45) is 0 Å². The summed E-state index contributed by atoms with van der Waals surface area (Å²) in [5.41, 5.74) is 6.17. The highest BCUT2D eigenvalue weighted by Gasteiger charge is 2.40. The van der Waals surface area contributed by atoms with Crippen molar-refractivity contribution in [3.63, 3.8) is 0 Å². The zero-order chi connectivity index (χ0) is 14.3. The van der Waals surface area contributed by atoms with Gasteiger partial charge in [-0.1, -0.05) is 0 Å². The molecular weight excluding hydrogens is 269 g/mol. The van der Waals surface area contributed by atoms with Crippen LogP contribution in [0.15, 0.2) is 18.3 Å². The van der Waals surface area contributed by atoms with Gasteiger partial charge in [-0.2, -0.15) is 18.3 Å². The Morgan fingerprint density at radius 1 is 1.20 bits per heavy atom. The van der Waals surface area contributed by atoms with E-state index < -0.39 is 11.9 Å². The first kappa shape index (κ1) is 13.0. The van der Waals surface area contributed by atoms with Gasteiger partial charge < -0.3 is 5.73 Å². The van der Waals surface area contributed by atoms with Crippen molar-refractivity contribution in [2.75, 3.05) is 5.73 Å². The lowest BCUT2D eigenvalue weighted by molar-refractivity contribution is -0.142. The summed E-state index contributed by atoms with van der Waals surface area (Å²) in [4.78, 5) is 4.06. The van der Waals surface area contributed by atoms with E-state index in [4.69, 9.17) is 5.73 Å². The number of alkyl halides is 3. The van der Waals surface area contributed by atoms with E-state index in [1.165, 1.54) is 10.9 Å². The third-order valence-corrected chi connectivity index (χ3v) is 3.47. The molecule has 1 aliphatic carbocycles. The van der Waals surface area contributed by atoms with Crippen LogP contribution >= 0.6 is 0 Å². The molecule has 20 heavy (non-hydrogen) atoms. The number of nitrogens with zero attached hydrogens (tertiary/aromatic N) is 3. The first-order valence-corrected chi connectivity index (χ1v) is 6.37. The molecule has 2 heterocycles. The average Bonchev–Trinajstić information content (AvgIpc) is 2.79. The van der Waals surface area contributed by atoms with Gasteiger partial charge in [0.2, 0.25) is 0 Å². The van der Waals surface area contributed by atoms with Crippen LogP contribution in [0.3, 0.4) is 0 Å². The maximum absolute atomic E-state index is 13.1. The van der Waals surface area contributed by atoms with Crippen molar-refractivity contribution in [1.82, 2.24) is 14.8 Å². The van der Waals surface area contributed by atoms with Gasteiger partial charge in [0, 0.05) is 17.5 Å². The van der Waals surface area contributed by atoms with E-state index in [1.807, 2.05) is 0 Å². The molecule has 0 unspecified atom stereocenters. The van der Waals surface area contributed by atoms with Crippen molar-refractivity contribution in [2.45, 2.75) is 31.9 Å². The summed E-state index contributed by atoms with van der Waals surface area (Å²) in [6.45, 7) is 0. The lowest BCUT2D eigenvalue weighted by atomic mass is 9.95. The normalized spacial score (nSPS) is 15.2. The molecule has 0 bridgehead atoms. The van der Waals surface area contributed by atoms with Crippen LogP contribution in [0, 0.1) is 0 Å². The van der Waals surface area contributed by atoms with E-state index in [9.17, 15) is 13.2 Å². The molecule has 2 aromatic rings. The molecule has 0 amide bonds. The summed E-state index contributed by atoms with van der Waals surface area (Å²) >= 11 is 0. The summed E-state index contributed by atoms with van der Waals surface area (Å²) in [6, 6.07) is 3.24. The minimum absolute atomic E-state index is 0.265. The fourth-order valence-corrected chi connectivity index (χ4v) is 2.59. The molecule has 2 N–H and O–H groups in total. The Balaban J connectivity index is 2.22. The first-order valence-electron chi connectivity index (χ1n) is 6.37. The number of anilines is 1. The molecule has 0 aliphatic heterocycles. The highest BCUT2D eigenvalue weighted by molar-refractivity contribution is 5.53. The van der Waals surface area contributed by atoms with E-state index in [0.717, 1.165) is 12.8 Å². The number of hydrogen-bond donors (Lipinski definition) is 1. The summed E-state index contributed by atoms with van der Waals surface area (Å²) in [6.07, 6.45) is -0.389. The Labute approximate surface area is 113 Å². The van der Waals surface area contributed by atoms with Crippen LogP contribution in [0.4, 0.5) is 18.9 Å². The molecule has 0 saturated carbocycles. The largest absolute Gasteiger partial charge is 0.435 e. The van der Waals surface area contributed by atoms with Gasteiger partial charge in [-0.3, -0.25) is 0 Å². The van der Waals surface area contributed by atoms with Crippen molar-refractivity contribution in [1.29, 1.82) is 0 Å². The average molecular weight is 282 g/mol. The van der Waals surface area contributed by atoms with Gasteiger partial charge in [-0.25, -0.2) is 9.67 Å². The smallest absolute Gasteiger partial charge is 0.396 e. The molecule has 0 fully saturated rings. The lowest BCUT2D eigenvalue weighted by Crippen LogP contribution is -2.11. The van der Waals surface area contributed by atoms with Gasteiger partial charge in [0.25, 0.3) is 0 Å². The fraction of sp³-hybridized carbons (Fsp3) is 0.385. The number of fused-ring (bicyclic) bond motifs is 1. The predicted octanol–water partition coefficient (Wildman–Crippen LogP) is 2.75. The Bertz CT molecular complexity index is 646. The molecule has 106 valence electrons.